The summed E-state index contributed by atoms with van der Waals surface area (Å²) in [6.45, 7) is 2.57. The van der Waals surface area contributed by atoms with Crippen LogP contribution in [-0.2, 0) is 6.54 Å². The van der Waals surface area contributed by atoms with Gasteiger partial charge in [0.1, 0.15) is 0 Å². The normalized spacial score (nSPS) is 10.1. The highest BCUT2D eigenvalue weighted by Gasteiger charge is 2.07. The average Bonchev–Trinajstić information content (AvgIpc) is 2.37. The van der Waals surface area contributed by atoms with Gasteiger partial charge in [0.25, 0.3) is 5.91 Å². The van der Waals surface area contributed by atoms with Crippen molar-refractivity contribution in [2.45, 2.75) is 18.4 Å². The van der Waals surface area contributed by atoms with Crippen molar-refractivity contribution >= 4 is 18.5 Å². The van der Waals surface area contributed by atoms with E-state index in [0.717, 1.165) is 5.56 Å². The molecule has 0 aliphatic carbocycles. The zero-order valence-electron chi connectivity index (χ0n) is 10.2. The molecule has 0 atom stereocenters. The first-order valence-electron chi connectivity index (χ1n) is 5.78. The number of hydrogen-bond acceptors (Lipinski definition) is 2. The molecule has 92 valence electrons. The maximum absolute atomic E-state index is 12.0. The van der Waals surface area contributed by atoms with Gasteiger partial charge >= 0.3 is 0 Å². The van der Waals surface area contributed by atoms with Crippen LogP contribution in [-0.4, -0.2) is 5.91 Å². The number of amides is 1. The van der Waals surface area contributed by atoms with Gasteiger partial charge in [-0.1, -0.05) is 42.0 Å². The monoisotopic (exact) mass is 257 g/mol. The summed E-state index contributed by atoms with van der Waals surface area (Å²) < 4.78 is 0. The fourth-order valence-electron chi connectivity index (χ4n) is 1.77. The molecule has 2 nitrogen and oxygen atoms in total. The Balaban J connectivity index is 2.03. The Bertz CT molecular complexity index is 566. The van der Waals surface area contributed by atoms with Crippen LogP contribution in [0.4, 0.5) is 0 Å². The number of benzene rings is 2. The molecule has 0 aliphatic rings. The molecule has 0 bridgehead atoms. The van der Waals surface area contributed by atoms with Crippen LogP contribution >= 0.6 is 12.6 Å². The third-order valence-corrected chi connectivity index (χ3v) is 3.07. The van der Waals surface area contributed by atoms with Crippen LogP contribution in [0, 0.1) is 6.92 Å². The molecule has 0 saturated carbocycles. The van der Waals surface area contributed by atoms with Crippen LogP contribution in [0.3, 0.4) is 0 Å². The van der Waals surface area contributed by atoms with Crippen LogP contribution in [0.5, 0.6) is 0 Å². The Morgan fingerprint density at radius 1 is 1.17 bits per heavy atom. The van der Waals surface area contributed by atoms with Crippen LogP contribution in [0.15, 0.2) is 53.4 Å². The minimum atomic E-state index is -0.0953. The van der Waals surface area contributed by atoms with E-state index in [9.17, 15) is 4.79 Å². The number of hydrogen-bond donors (Lipinski definition) is 2. The average molecular weight is 257 g/mol. The van der Waals surface area contributed by atoms with Gasteiger partial charge in [-0.25, -0.2) is 0 Å². The van der Waals surface area contributed by atoms with Crippen molar-refractivity contribution in [2.75, 3.05) is 0 Å². The Labute approximate surface area is 112 Å². The predicted molar refractivity (Wildman–Crippen MR) is 76.0 cm³/mol. The zero-order valence-corrected chi connectivity index (χ0v) is 11.1. The van der Waals surface area contributed by atoms with E-state index in [0.29, 0.717) is 17.0 Å². The maximum Gasteiger partial charge on any atom is 0.252 e. The molecule has 0 aromatic heterocycles. The van der Waals surface area contributed by atoms with Crippen molar-refractivity contribution in [2.24, 2.45) is 0 Å². The molecular weight excluding hydrogens is 242 g/mol. The Kier molecular flexibility index (Phi) is 4.05. The molecule has 1 amide bonds. The standard InChI is InChI=1S/C15H15NOS/c1-11-5-4-6-12(9-11)10-16-15(17)13-7-2-3-8-14(13)18/h2-9,18H,10H2,1H3,(H,16,17). The van der Waals surface area contributed by atoms with Crippen molar-refractivity contribution in [1.29, 1.82) is 0 Å². The molecule has 0 heterocycles. The minimum absolute atomic E-state index is 0.0953. The number of carbonyl (C=O) groups excluding carboxylic acids is 1. The minimum Gasteiger partial charge on any atom is -0.348 e. The summed E-state index contributed by atoms with van der Waals surface area (Å²) in [7, 11) is 0. The number of thiol groups is 1. The van der Waals surface area contributed by atoms with Crippen LogP contribution in [0.1, 0.15) is 21.5 Å². The third kappa shape index (κ3) is 3.14. The topological polar surface area (TPSA) is 29.1 Å². The summed E-state index contributed by atoms with van der Waals surface area (Å²) in [6.07, 6.45) is 0. The molecule has 0 unspecified atom stereocenters. The summed E-state index contributed by atoms with van der Waals surface area (Å²) in [6, 6.07) is 15.4. The molecule has 2 aromatic carbocycles. The Morgan fingerprint density at radius 2 is 1.94 bits per heavy atom. The first kappa shape index (κ1) is 12.7. The van der Waals surface area contributed by atoms with Gasteiger partial charge in [-0.05, 0) is 24.6 Å². The van der Waals surface area contributed by atoms with Crippen molar-refractivity contribution in [3.63, 3.8) is 0 Å². The largest absolute Gasteiger partial charge is 0.348 e. The van der Waals surface area contributed by atoms with Crippen LogP contribution in [0.2, 0.25) is 0 Å². The smallest absolute Gasteiger partial charge is 0.252 e. The van der Waals surface area contributed by atoms with Crippen molar-refractivity contribution in [3.8, 4) is 0 Å². The van der Waals surface area contributed by atoms with Gasteiger partial charge in [0.2, 0.25) is 0 Å². The number of rotatable bonds is 3. The van der Waals surface area contributed by atoms with Gasteiger partial charge in [0.15, 0.2) is 0 Å². The van der Waals surface area contributed by atoms with Crippen molar-refractivity contribution in [1.82, 2.24) is 5.32 Å². The van der Waals surface area contributed by atoms with Gasteiger partial charge in [0, 0.05) is 11.4 Å². The first-order valence-corrected chi connectivity index (χ1v) is 6.23. The second kappa shape index (κ2) is 5.74. The Morgan fingerprint density at radius 3 is 2.67 bits per heavy atom. The summed E-state index contributed by atoms with van der Waals surface area (Å²) in [5, 5.41) is 2.90. The highest BCUT2D eigenvalue weighted by molar-refractivity contribution is 7.80. The van der Waals surface area contributed by atoms with E-state index in [1.54, 1.807) is 6.07 Å². The van der Waals surface area contributed by atoms with E-state index < -0.39 is 0 Å². The van der Waals surface area contributed by atoms with E-state index in [2.05, 4.69) is 24.0 Å². The SMILES string of the molecule is Cc1cccc(CNC(=O)c2ccccc2S)c1. The second-order valence-corrected chi connectivity index (χ2v) is 4.67. The molecule has 0 saturated heterocycles. The fraction of sp³-hybridized carbons (Fsp3) is 0.133. The van der Waals surface area contributed by atoms with Crippen molar-refractivity contribution < 1.29 is 4.79 Å². The van der Waals surface area contributed by atoms with Crippen LogP contribution < -0.4 is 5.32 Å². The molecule has 1 N–H and O–H groups in total. The van der Waals surface area contributed by atoms with Gasteiger partial charge in [-0.3, -0.25) is 4.79 Å². The summed E-state index contributed by atoms with van der Waals surface area (Å²) >= 11 is 4.27. The fourth-order valence-corrected chi connectivity index (χ4v) is 2.03. The van der Waals surface area contributed by atoms with E-state index in [-0.39, 0.29) is 5.91 Å². The second-order valence-electron chi connectivity index (χ2n) is 4.19. The molecule has 3 heteroatoms. The lowest BCUT2D eigenvalue weighted by Gasteiger charge is -2.07. The third-order valence-electron chi connectivity index (χ3n) is 2.68. The zero-order chi connectivity index (χ0) is 13.0. The predicted octanol–water partition coefficient (Wildman–Crippen LogP) is 3.21. The molecular formula is C15H15NOS. The molecule has 0 spiro atoms. The van der Waals surface area contributed by atoms with Crippen molar-refractivity contribution in [3.05, 3.63) is 65.2 Å². The van der Waals surface area contributed by atoms with Gasteiger partial charge in [-0.15, -0.1) is 12.6 Å². The molecule has 0 aliphatic heterocycles. The summed E-state index contributed by atoms with van der Waals surface area (Å²) in [5.41, 5.74) is 2.89. The lowest BCUT2D eigenvalue weighted by molar-refractivity contribution is 0.0948. The molecule has 2 rings (SSSR count). The highest BCUT2D eigenvalue weighted by Crippen LogP contribution is 2.12. The van der Waals surface area contributed by atoms with Crippen LogP contribution in [0.25, 0.3) is 0 Å². The van der Waals surface area contributed by atoms with E-state index in [4.69, 9.17) is 0 Å². The van der Waals surface area contributed by atoms with Gasteiger partial charge in [-0.2, -0.15) is 0 Å². The number of nitrogens with one attached hydrogen (secondary N) is 1. The van der Waals surface area contributed by atoms with E-state index in [1.807, 2.05) is 43.3 Å². The summed E-state index contributed by atoms with van der Waals surface area (Å²) in [4.78, 5) is 12.7. The van der Waals surface area contributed by atoms with E-state index in [1.165, 1.54) is 5.56 Å². The lowest BCUT2D eigenvalue weighted by Crippen LogP contribution is -2.23. The molecule has 0 fully saturated rings. The lowest BCUT2D eigenvalue weighted by atomic mass is 10.1. The first-order chi connectivity index (χ1) is 8.66. The van der Waals surface area contributed by atoms with E-state index >= 15 is 0 Å². The number of carbonyl (C=O) groups is 1. The molecule has 18 heavy (non-hydrogen) atoms. The quantitative estimate of drug-likeness (QED) is 0.812. The highest BCUT2D eigenvalue weighted by atomic mass is 32.1. The van der Waals surface area contributed by atoms with Gasteiger partial charge < -0.3 is 5.32 Å². The Hall–Kier alpha value is -1.74. The number of aryl methyl sites for hydroxylation is 1. The van der Waals surface area contributed by atoms with Gasteiger partial charge in [0.05, 0.1) is 5.56 Å². The maximum atomic E-state index is 12.0. The summed E-state index contributed by atoms with van der Waals surface area (Å²) in [5.74, 6) is -0.0953. The molecule has 0 radical (unpaired) electrons. The molecule has 2 aromatic rings.